The van der Waals surface area contributed by atoms with Gasteiger partial charge in [0.05, 0.1) is 11.4 Å². The molecule has 0 bridgehead atoms. The second-order valence-corrected chi connectivity index (χ2v) is 6.69. The van der Waals surface area contributed by atoms with Crippen molar-refractivity contribution in [2.45, 2.75) is 13.5 Å². The molecule has 0 unspecified atom stereocenters. The summed E-state index contributed by atoms with van der Waals surface area (Å²) < 4.78 is 27.6. The van der Waals surface area contributed by atoms with Crippen LogP contribution in [0.2, 0.25) is 5.15 Å². The van der Waals surface area contributed by atoms with E-state index in [1.165, 1.54) is 39.9 Å². The molecule has 0 aliphatic heterocycles. The Kier molecular flexibility index (Phi) is 5.90. The molecule has 144 valence electrons. The van der Waals surface area contributed by atoms with Crippen LogP contribution in [0, 0.1) is 18.6 Å². The number of aromatic nitrogens is 2. The third-order valence-corrected chi connectivity index (χ3v) is 4.58. The number of hydrogen-bond donors (Lipinski definition) is 0. The summed E-state index contributed by atoms with van der Waals surface area (Å²) in [4.78, 5) is 13.9. The predicted octanol–water partition coefficient (Wildman–Crippen LogP) is 4.78. The zero-order valence-corrected chi connectivity index (χ0v) is 16.1. The maximum atomic E-state index is 13.1. The van der Waals surface area contributed by atoms with Gasteiger partial charge in [0.25, 0.3) is 0 Å². The van der Waals surface area contributed by atoms with E-state index in [1.807, 2.05) is 0 Å². The van der Waals surface area contributed by atoms with E-state index in [4.69, 9.17) is 11.6 Å². The van der Waals surface area contributed by atoms with Crippen molar-refractivity contribution < 1.29 is 13.6 Å². The standard InChI is InChI=1S/C21H18ClF2N3O/c1-14-19(21(22)27(25-14)18-9-7-17(24)8-10-18)11-12-20(28)26(2)13-15-3-5-16(23)6-4-15/h3-12H,13H2,1-2H3. The molecule has 0 saturated heterocycles. The maximum absolute atomic E-state index is 13.1. The van der Waals surface area contributed by atoms with Crippen LogP contribution >= 0.6 is 11.6 Å². The van der Waals surface area contributed by atoms with E-state index in [1.54, 1.807) is 44.3 Å². The van der Waals surface area contributed by atoms with Gasteiger partial charge in [0.15, 0.2) is 0 Å². The van der Waals surface area contributed by atoms with E-state index in [0.29, 0.717) is 28.6 Å². The van der Waals surface area contributed by atoms with Gasteiger partial charge in [-0.3, -0.25) is 4.79 Å². The summed E-state index contributed by atoms with van der Waals surface area (Å²) >= 11 is 6.41. The van der Waals surface area contributed by atoms with E-state index in [0.717, 1.165) is 5.56 Å². The number of aryl methyl sites for hydroxylation is 1. The number of nitrogens with zero attached hydrogens (tertiary/aromatic N) is 3. The predicted molar refractivity (Wildman–Crippen MR) is 105 cm³/mol. The fraction of sp³-hybridized carbons (Fsp3) is 0.143. The quantitative estimate of drug-likeness (QED) is 0.577. The molecule has 0 radical (unpaired) electrons. The highest BCUT2D eigenvalue weighted by Gasteiger charge is 2.14. The van der Waals surface area contributed by atoms with Gasteiger partial charge in [-0.25, -0.2) is 13.5 Å². The van der Waals surface area contributed by atoms with Crippen LogP contribution in [-0.4, -0.2) is 27.6 Å². The average Bonchev–Trinajstić information content (AvgIpc) is 2.96. The molecule has 1 heterocycles. The molecule has 0 fully saturated rings. The molecule has 0 atom stereocenters. The number of amides is 1. The number of carbonyl (C=O) groups is 1. The molecule has 3 aromatic rings. The summed E-state index contributed by atoms with van der Waals surface area (Å²) in [5, 5.41) is 4.69. The summed E-state index contributed by atoms with van der Waals surface area (Å²) in [6.07, 6.45) is 3.02. The van der Waals surface area contributed by atoms with E-state index in [-0.39, 0.29) is 17.5 Å². The molecule has 1 amide bonds. The molecule has 0 N–H and O–H groups in total. The normalized spacial score (nSPS) is 11.2. The van der Waals surface area contributed by atoms with Crippen molar-refractivity contribution in [1.29, 1.82) is 0 Å². The van der Waals surface area contributed by atoms with E-state index in [9.17, 15) is 13.6 Å². The highest BCUT2D eigenvalue weighted by atomic mass is 35.5. The van der Waals surface area contributed by atoms with Gasteiger partial charge in [-0.15, -0.1) is 0 Å². The third-order valence-electron chi connectivity index (χ3n) is 4.22. The van der Waals surface area contributed by atoms with Gasteiger partial charge >= 0.3 is 0 Å². The van der Waals surface area contributed by atoms with Gasteiger partial charge in [-0.05, 0) is 55.0 Å². The van der Waals surface area contributed by atoms with Crippen molar-refractivity contribution in [3.8, 4) is 5.69 Å². The van der Waals surface area contributed by atoms with E-state index < -0.39 is 0 Å². The first-order chi connectivity index (χ1) is 13.3. The summed E-state index contributed by atoms with van der Waals surface area (Å²) in [7, 11) is 1.66. The van der Waals surface area contributed by atoms with Crippen LogP contribution in [0.1, 0.15) is 16.8 Å². The summed E-state index contributed by atoms with van der Waals surface area (Å²) in [6.45, 7) is 2.13. The van der Waals surface area contributed by atoms with Gasteiger partial charge in [-0.1, -0.05) is 23.7 Å². The Morgan fingerprint density at radius 2 is 1.68 bits per heavy atom. The first kappa shape index (κ1) is 19.8. The Hall–Kier alpha value is -2.99. The molecule has 28 heavy (non-hydrogen) atoms. The van der Waals surface area contributed by atoms with Crippen LogP contribution in [0.5, 0.6) is 0 Å². The van der Waals surface area contributed by atoms with Gasteiger partial charge < -0.3 is 4.90 Å². The third kappa shape index (κ3) is 4.46. The first-order valence-corrected chi connectivity index (χ1v) is 8.91. The topological polar surface area (TPSA) is 38.1 Å². The largest absolute Gasteiger partial charge is 0.338 e. The SMILES string of the molecule is Cc1nn(-c2ccc(F)cc2)c(Cl)c1C=CC(=O)N(C)Cc1ccc(F)cc1. The first-order valence-electron chi connectivity index (χ1n) is 8.54. The molecule has 4 nitrogen and oxygen atoms in total. The van der Waals surface area contributed by atoms with E-state index >= 15 is 0 Å². The van der Waals surface area contributed by atoms with Crippen LogP contribution in [0.3, 0.4) is 0 Å². The van der Waals surface area contributed by atoms with Crippen molar-refractivity contribution in [3.63, 3.8) is 0 Å². The minimum absolute atomic E-state index is 0.227. The Balaban J connectivity index is 1.75. The zero-order valence-electron chi connectivity index (χ0n) is 15.4. The van der Waals surface area contributed by atoms with Crippen LogP contribution in [0.15, 0.2) is 54.6 Å². The summed E-state index contributed by atoms with van der Waals surface area (Å²) in [5.41, 5.74) is 2.69. The van der Waals surface area contributed by atoms with Gasteiger partial charge in [0.2, 0.25) is 5.91 Å². The van der Waals surface area contributed by atoms with Crippen molar-refractivity contribution in [1.82, 2.24) is 14.7 Å². The lowest BCUT2D eigenvalue weighted by Crippen LogP contribution is -2.24. The molecule has 2 aromatic carbocycles. The lowest BCUT2D eigenvalue weighted by Gasteiger charge is -2.15. The second kappa shape index (κ2) is 8.35. The Morgan fingerprint density at radius 3 is 2.29 bits per heavy atom. The van der Waals surface area contributed by atoms with Crippen molar-refractivity contribution >= 4 is 23.6 Å². The Labute approximate surface area is 166 Å². The average molecular weight is 402 g/mol. The summed E-state index contributed by atoms with van der Waals surface area (Å²) in [6, 6.07) is 11.8. The maximum Gasteiger partial charge on any atom is 0.246 e. The number of carbonyl (C=O) groups excluding carboxylic acids is 1. The van der Waals surface area contributed by atoms with Crippen molar-refractivity contribution in [2.75, 3.05) is 7.05 Å². The Bertz CT molecular complexity index is 1010. The lowest BCUT2D eigenvalue weighted by molar-refractivity contribution is -0.125. The van der Waals surface area contributed by atoms with Crippen LogP contribution in [0.25, 0.3) is 11.8 Å². The smallest absolute Gasteiger partial charge is 0.246 e. The zero-order chi connectivity index (χ0) is 20.3. The molecule has 0 aliphatic rings. The second-order valence-electron chi connectivity index (χ2n) is 6.33. The molecule has 1 aromatic heterocycles. The number of halogens is 3. The van der Waals surface area contributed by atoms with Crippen LogP contribution < -0.4 is 0 Å². The molecule has 0 saturated carbocycles. The molecule has 3 rings (SSSR count). The Morgan fingerprint density at radius 1 is 1.11 bits per heavy atom. The van der Waals surface area contributed by atoms with Gasteiger partial charge in [0.1, 0.15) is 16.8 Å². The number of rotatable bonds is 5. The molecule has 0 aliphatic carbocycles. The highest BCUT2D eigenvalue weighted by molar-refractivity contribution is 6.31. The minimum Gasteiger partial charge on any atom is -0.338 e. The number of benzene rings is 2. The summed E-state index contributed by atoms with van der Waals surface area (Å²) in [5.74, 6) is -0.895. The fourth-order valence-electron chi connectivity index (χ4n) is 2.68. The monoisotopic (exact) mass is 401 g/mol. The highest BCUT2D eigenvalue weighted by Crippen LogP contribution is 2.25. The van der Waals surface area contributed by atoms with E-state index in [2.05, 4.69) is 5.10 Å². The lowest BCUT2D eigenvalue weighted by atomic mass is 10.2. The van der Waals surface area contributed by atoms with Crippen LogP contribution in [-0.2, 0) is 11.3 Å². The molecular formula is C21H18ClF2N3O. The molecular weight excluding hydrogens is 384 g/mol. The van der Waals surface area contributed by atoms with Gasteiger partial charge in [0, 0.05) is 25.2 Å². The number of hydrogen-bond acceptors (Lipinski definition) is 2. The van der Waals surface area contributed by atoms with Gasteiger partial charge in [-0.2, -0.15) is 5.10 Å². The molecule has 7 heteroatoms. The van der Waals surface area contributed by atoms with Crippen LogP contribution in [0.4, 0.5) is 8.78 Å². The van der Waals surface area contributed by atoms with Crippen molar-refractivity contribution in [2.24, 2.45) is 0 Å². The minimum atomic E-state index is -0.348. The van der Waals surface area contributed by atoms with Crippen molar-refractivity contribution in [3.05, 3.63) is 88.2 Å². The fourth-order valence-corrected chi connectivity index (χ4v) is 3.01. The number of likely N-dealkylation sites (N-methyl/N-ethyl adjacent to an activating group) is 1. The molecule has 0 spiro atoms.